The molecule has 30 heavy (non-hydrogen) atoms. The summed E-state index contributed by atoms with van der Waals surface area (Å²) in [4.78, 5) is 24.3. The first-order valence-electron chi connectivity index (χ1n) is 11.5. The van der Waals surface area contributed by atoms with E-state index in [0.717, 1.165) is 62.6 Å². The van der Waals surface area contributed by atoms with Gasteiger partial charge < -0.3 is 19.9 Å². The van der Waals surface area contributed by atoms with Gasteiger partial charge in [-0.25, -0.2) is 4.98 Å². The van der Waals surface area contributed by atoms with Crippen molar-refractivity contribution in [2.75, 3.05) is 26.2 Å². The van der Waals surface area contributed by atoms with E-state index >= 15 is 0 Å². The van der Waals surface area contributed by atoms with Crippen LogP contribution in [0, 0.1) is 5.92 Å². The number of carbonyl (C=O) groups is 1. The van der Waals surface area contributed by atoms with Crippen molar-refractivity contribution in [3.05, 3.63) is 36.3 Å². The van der Waals surface area contributed by atoms with Gasteiger partial charge >= 0.3 is 0 Å². The van der Waals surface area contributed by atoms with E-state index in [1.807, 2.05) is 28.8 Å². The number of pyridine rings is 1. The zero-order valence-electron chi connectivity index (χ0n) is 18.0. The molecule has 2 fully saturated rings. The average Bonchev–Trinajstić information content (AvgIpc) is 3.40. The molecule has 4 rings (SSSR count). The molecule has 1 saturated carbocycles. The maximum atomic E-state index is 12.8. The number of likely N-dealkylation sites (tertiary alicyclic amines) is 1. The monoisotopic (exact) mass is 410 g/mol. The van der Waals surface area contributed by atoms with Crippen LogP contribution in [-0.2, 0) is 11.2 Å². The molecule has 0 radical (unpaired) electrons. The van der Waals surface area contributed by atoms with Crippen molar-refractivity contribution in [3.63, 3.8) is 0 Å². The Labute approximate surface area is 179 Å². The van der Waals surface area contributed by atoms with Crippen LogP contribution in [0.5, 0.6) is 0 Å². The van der Waals surface area contributed by atoms with Gasteiger partial charge in [-0.3, -0.25) is 9.79 Å². The molecule has 0 aromatic carbocycles. The van der Waals surface area contributed by atoms with Crippen LogP contribution in [0.3, 0.4) is 0 Å². The van der Waals surface area contributed by atoms with Gasteiger partial charge in [-0.1, -0.05) is 25.3 Å². The van der Waals surface area contributed by atoms with Crippen molar-refractivity contribution < 1.29 is 4.79 Å². The summed E-state index contributed by atoms with van der Waals surface area (Å²) in [5.74, 6) is 1.45. The van der Waals surface area contributed by atoms with E-state index in [-0.39, 0.29) is 12.0 Å². The Morgan fingerprint density at radius 3 is 2.90 bits per heavy atom. The maximum absolute atomic E-state index is 12.8. The molecule has 2 aromatic heterocycles. The SMILES string of the molecule is CCNC(=NCCc1cn2ccccc2n1)NC1CCN(C(=O)C2CCCCC2)C1. The van der Waals surface area contributed by atoms with E-state index < -0.39 is 0 Å². The summed E-state index contributed by atoms with van der Waals surface area (Å²) in [6.45, 7) is 5.21. The number of hydrogen-bond donors (Lipinski definition) is 2. The number of nitrogens with one attached hydrogen (secondary N) is 2. The highest BCUT2D eigenvalue weighted by molar-refractivity contribution is 5.81. The lowest BCUT2D eigenvalue weighted by Crippen LogP contribution is -2.45. The van der Waals surface area contributed by atoms with Crippen LogP contribution in [0.25, 0.3) is 5.65 Å². The standard InChI is InChI=1S/C23H34N6O/c1-2-24-23(25-13-11-19-16-28-14-7-6-10-21(28)26-19)27-20-12-15-29(17-20)22(30)18-8-4-3-5-9-18/h6-7,10,14,16,18,20H,2-5,8-9,11-13,15,17H2,1H3,(H2,24,25,27). The lowest BCUT2D eigenvalue weighted by molar-refractivity contribution is -0.135. The van der Waals surface area contributed by atoms with E-state index in [1.165, 1.54) is 19.3 Å². The minimum absolute atomic E-state index is 0.254. The Morgan fingerprint density at radius 2 is 2.10 bits per heavy atom. The fourth-order valence-corrected chi connectivity index (χ4v) is 4.59. The Hall–Kier alpha value is -2.57. The molecule has 2 aliphatic rings. The summed E-state index contributed by atoms with van der Waals surface area (Å²) in [5, 5.41) is 6.88. The van der Waals surface area contributed by atoms with Gasteiger partial charge in [-0.05, 0) is 38.3 Å². The molecule has 1 aliphatic carbocycles. The predicted molar refractivity (Wildman–Crippen MR) is 120 cm³/mol. The van der Waals surface area contributed by atoms with Crippen LogP contribution in [0.15, 0.2) is 35.6 Å². The number of aliphatic imine (C=N–C) groups is 1. The zero-order valence-corrected chi connectivity index (χ0v) is 18.0. The normalized spacial score (nSPS) is 20.6. The highest BCUT2D eigenvalue weighted by atomic mass is 16.2. The van der Waals surface area contributed by atoms with Gasteiger partial charge in [0, 0.05) is 57.0 Å². The van der Waals surface area contributed by atoms with Crippen LogP contribution >= 0.6 is 0 Å². The Bertz CT molecular complexity index is 836. The lowest BCUT2D eigenvalue weighted by atomic mass is 9.88. The van der Waals surface area contributed by atoms with Crippen LogP contribution < -0.4 is 10.6 Å². The fraction of sp³-hybridized carbons (Fsp3) is 0.609. The van der Waals surface area contributed by atoms with Crippen molar-refractivity contribution in [2.45, 2.75) is 57.9 Å². The number of imidazole rings is 1. The molecule has 2 N–H and O–H groups in total. The average molecular weight is 411 g/mol. The van der Waals surface area contributed by atoms with Crippen molar-refractivity contribution in [3.8, 4) is 0 Å². The number of fused-ring (bicyclic) bond motifs is 1. The molecule has 3 heterocycles. The molecular weight excluding hydrogens is 376 g/mol. The van der Waals surface area contributed by atoms with Crippen LogP contribution in [0.4, 0.5) is 0 Å². The number of guanidine groups is 1. The highest BCUT2D eigenvalue weighted by Crippen LogP contribution is 2.26. The summed E-state index contributed by atoms with van der Waals surface area (Å²) in [5.41, 5.74) is 2.01. The second kappa shape index (κ2) is 9.96. The van der Waals surface area contributed by atoms with Gasteiger partial charge in [0.15, 0.2) is 5.96 Å². The van der Waals surface area contributed by atoms with Gasteiger partial charge in [0.1, 0.15) is 5.65 Å². The van der Waals surface area contributed by atoms with Crippen molar-refractivity contribution in [1.29, 1.82) is 0 Å². The van der Waals surface area contributed by atoms with Gasteiger partial charge in [0.25, 0.3) is 0 Å². The maximum Gasteiger partial charge on any atom is 0.225 e. The third-order valence-electron chi connectivity index (χ3n) is 6.19. The first kappa shape index (κ1) is 20.7. The topological polar surface area (TPSA) is 74.0 Å². The second-order valence-electron chi connectivity index (χ2n) is 8.46. The third kappa shape index (κ3) is 5.12. The van der Waals surface area contributed by atoms with Crippen LogP contribution in [0.2, 0.25) is 0 Å². The molecule has 2 aromatic rings. The quantitative estimate of drug-likeness (QED) is 0.567. The summed E-state index contributed by atoms with van der Waals surface area (Å²) in [7, 11) is 0. The smallest absolute Gasteiger partial charge is 0.225 e. The number of carbonyl (C=O) groups excluding carboxylic acids is 1. The molecule has 0 bridgehead atoms. The van der Waals surface area contributed by atoms with Crippen LogP contribution in [-0.4, -0.2) is 58.4 Å². The lowest BCUT2D eigenvalue weighted by Gasteiger charge is -2.26. The van der Waals surface area contributed by atoms with Crippen molar-refractivity contribution in [1.82, 2.24) is 24.9 Å². The first-order chi connectivity index (χ1) is 14.7. The van der Waals surface area contributed by atoms with Gasteiger partial charge in [0.05, 0.1) is 5.69 Å². The minimum atomic E-state index is 0.254. The molecule has 1 atom stereocenters. The number of amides is 1. The van der Waals surface area contributed by atoms with Crippen LogP contribution in [0.1, 0.15) is 51.1 Å². The van der Waals surface area contributed by atoms with Gasteiger partial charge in [-0.2, -0.15) is 0 Å². The van der Waals surface area contributed by atoms with Crippen molar-refractivity contribution in [2.24, 2.45) is 10.9 Å². The fourth-order valence-electron chi connectivity index (χ4n) is 4.59. The molecule has 7 heteroatoms. The predicted octanol–water partition coefficient (Wildman–Crippen LogP) is 2.61. The Morgan fingerprint density at radius 1 is 1.23 bits per heavy atom. The molecular formula is C23H34N6O. The number of aromatic nitrogens is 2. The molecule has 162 valence electrons. The van der Waals surface area contributed by atoms with Gasteiger partial charge in [0.2, 0.25) is 5.91 Å². The van der Waals surface area contributed by atoms with E-state index in [2.05, 4.69) is 33.6 Å². The van der Waals surface area contributed by atoms with E-state index in [4.69, 9.17) is 4.99 Å². The molecule has 1 aliphatic heterocycles. The highest BCUT2D eigenvalue weighted by Gasteiger charge is 2.31. The first-order valence-corrected chi connectivity index (χ1v) is 11.5. The second-order valence-corrected chi connectivity index (χ2v) is 8.46. The van der Waals surface area contributed by atoms with Gasteiger partial charge in [-0.15, -0.1) is 0 Å². The summed E-state index contributed by atoms with van der Waals surface area (Å²) < 4.78 is 2.04. The zero-order chi connectivity index (χ0) is 20.8. The summed E-state index contributed by atoms with van der Waals surface area (Å²) >= 11 is 0. The minimum Gasteiger partial charge on any atom is -0.357 e. The van der Waals surface area contributed by atoms with E-state index in [1.54, 1.807) is 0 Å². The largest absolute Gasteiger partial charge is 0.357 e. The molecule has 0 spiro atoms. The third-order valence-corrected chi connectivity index (χ3v) is 6.19. The van der Waals surface area contributed by atoms with E-state index in [0.29, 0.717) is 12.5 Å². The Balaban J connectivity index is 1.29. The molecule has 1 unspecified atom stereocenters. The number of hydrogen-bond acceptors (Lipinski definition) is 3. The Kier molecular flexibility index (Phi) is 6.87. The molecule has 1 saturated heterocycles. The molecule has 1 amide bonds. The number of rotatable bonds is 6. The van der Waals surface area contributed by atoms with Crippen molar-refractivity contribution >= 4 is 17.5 Å². The summed E-state index contributed by atoms with van der Waals surface area (Å²) in [6, 6.07) is 6.29. The molecule has 7 nitrogen and oxygen atoms in total. The van der Waals surface area contributed by atoms with E-state index in [9.17, 15) is 4.79 Å². The number of nitrogens with zero attached hydrogens (tertiary/aromatic N) is 4. The summed E-state index contributed by atoms with van der Waals surface area (Å²) in [6.07, 6.45) is 11.7.